The molecule has 4 aromatic rings. The summed E-state index contributed by atoms with van der Waals surface area (Å²) in [6.07, 6.45) is 7.76. The first-order valence-corrected chi connectivity index (χ1v) is 17.9. The van der Waals surface area contributed by atoms with E-state index in [1.54, 1.807) is 30.3 Å². The lowest BCUT2D eigenvalue weighted by Gasteiger charge is -2.40. The molecule has 2 saturated heterocycles. The normalized spacial score (nSPS) is 17.9. The van der Waals surface area contributed by atoms with Crippen molar-refractivity contribution in [1.82, 2.24) is 16.0 Å². The number of primary amides is 1. The Hall–Kier alpha value is -5.58. The monoisotopic (exact) mass is 700 g/mol. The van der Waals surface area contributed by atoms with Crippen molar-refractivity contribution in [2.24, 2.45) is 5.73 Å². The Morgan fingerprint density at radius 1 is 0.673 bits per heavy atom. The van der Waals surface area contributed by atoms with Crippen LogP contribution in [0.25, 0.3) is 11.1 Å². The molecular formula is C42H44N4O6. The standard InChI is InChI=1S/C22H24N2O3.C20H20N2O3/c1-2-24-21(26)16-8-6-15(7-9-16)17-14-22(10-12-23-13-11-22)27-19-5-3-4-18(25)20(17)19;21-19(24)14-6-4-13(5-7-14)15-12-20(8-10-22-11-9-20)25-17-3-1-2-16(23)18(15)17/h3-9,14,23,25H,2,10-13H2,1H3,(H,24,26);1-7,12,22-23H,8-11H2,(H2,21,24). The molecule has 4 aliphatic heterocycles. The largest absolute Gasteiger partial charge is 0.507 e. The van der Waals surface area contributed by atoms with E-state index >= 15 is 0 Å². The zero-order valence-electron chi connectivity index (χ0n) is 29.2. The molecule has 10 nitrogen and oxygen atoms in total. The van der Waals surface area contributed by atoms with Gasteiger partial charge in [0, 0.05) is 43.4 Å². The average molecular weight is 701 g/mol. The van der Waals surface area contributed by atoms with Gasteiger partial charge in [-0.25, -0.2) is 0 Å². The lowest BCUT2D eigenvalue weighted by atomic mass is 9.83. The van der Waals surface area contributed by atoms with Gasteiger partial charge in [0.05, 0.1) is 11.1 Å². The first-order valence-electron chi connectivity index (χ1n) is 17.9. The molecule has 4 heterocycles. The van der Waals surface area contributed by atoms with E-state index in [2.05, 4.69) is 28.1 Å². The molecule has 0 aromatic heterocycles. The van der Waals surface area contributed by atoms with Crippen molar-refractivity contribution < 1.29 is 29.3 Å². The average Bonchev–Trinajstić information content (AvgIpc) is 3.15. The van der Waals surface area contributed by atoms with Crippen LogP contribution in [0, 0.1) is 0 Å². The molecule has 0 atom stereocenters. The van der Waals surface area contributed by atoms with Crippen LogP contribution in [0.4, 0.5) is 0 Å². The summed E-state index contributed by atoms with van der Waals surface area (Å²) in [6.45, 7) is 6.07. The van der Waals surface area contributed by atoms with Crippen molar-refractivity contribution >= 4 is 23.0 Å². The number of piperidine rings is 2. The van der Waals surface area contributed by atoms with E-state index in [-0.39, 0.29) is 28.6 Å². The third-order valence-corrected chi connectivity index (χ3v) is 10.2. The van der Waals surface area contributed by atoms with Gasteiger partial charge < -0.3 is 41.4 Å². The van der Waals surface area contributed by atoms with E-state index in [0.29, 0.717) is 40.3 Å². The van der Waals surface area contributed by atoms with Crippen LogP contribution in [-0.2, 0) is 0 Å². The lowest BCUT2D eigenvalue weighted by molar-refractivity contribution is 0.0810. The highest BCUT2D eigenvalue weighted by molar-refractivity contribution is 5.96. The van der Waals surface area contributed by atoms with Crippen molar-refractivity contribution in [2.45, 2.75) is 43.8 Å². The Bertz CT molecular complexity index is 2020. The number of aromatic hydroxyl groups is 2. The predicted molar refractivity (Wildman–Crippen MR) is 201 cm³/mol. The number of nitrogens with two attached hydrogens (primary N) is 1. The first-order chi connectivity index (χ1) is 25.2. The van der Waals surface area contributed by atoms with Gasteiger partial charge in [-0.05, 0) is 116 Å². The van der Waals surface area contributed by atoms with E-state index in [1.807, 2.05) is 61.5 Å². The van der Waals surface area contributed by atoms with Gasteiger partial charge in [-0.15, -0.1) is 0 Å². The number of nitrogens with one attached hydrogen (secondary N) is 3. The summed E-state index contributed by atoms with van der Waals surface area (Å²) in [5.41, 5.74) is 10.9. The molecule has 0 saturated carbocycles. The predicted octanol–water partition coefficient (Wildman–Crippen LogP) is 5.53. The molecule has 10 heteroatoms. The van der Waals surface area contributed by atoms with Crippen LogP contribution in [0.2, 0.25) is 0 Å². The van der Waals surface area contributed by atoms with Crippen molar-refractivity contribution in [3.8, 4) is 23.0 Å². The molecule has 268 valence electrons. The molecular weight excluding hydrogens is 656 g/mol. The minimum Gasteiger partial charge on any atom is -0.507 e. The summed E-state index contributed by atoms with van der Waals surface area (Å²) in [5.74, 6) is 1.26. The van der Waals surface area contributed by atoms with E-state index in [0.717, 1.165) is 74.1 Å². The summed E-state index contributed by atoms with van der Waals surface area (Å²) in [5, 5.41) is 30.4. The third-order valence-electron chi connectivity index (χ3n) is 10.2. The number of fused-ring (bicyclic) bond motifs is 2. The van der Waals surface area contributed by atoms with Gasteiger partial charge in [-0.1, -0.05) is 36.4 Å². The van der Waals surface area contributed by atoms with Crippen molar-refractivity contribution in [3.05, 3.63) is 130 Å². The molecule has 0 unspecified atom stereocenters. The third kappa shape index (κ3) is 6.99. The van der Waals surface area contributed by atoms with Gasteiger partial charge in [0.2, 0.25) is 5.91 Å². The minimum atomic E-state index is -0.453. The Morgan fingerprint density at radius 2 is 1.10 bits per heavy atom. The molecule has 52 heavy (non-hydrogen) atoms. The number of amides is 2. The summed E-state index contributed by atoms with van der Waals surface area (Å²) >= 11 is 0. The Balaban J connectivity index is 0.000000162. The molecule has 0 radical (unpaired) electrons. The number of phenols is 2. The number of ether oxygens (including phenoxy) is 2. The van der Waals surface area contributed by atoms with Gasteiger partial charge in [-0.2, -0.15) is 0 Å². The van der Waals surface area contributed by atoms with Crippen LogP contribution < -0.4 is 31.2 Å². The van der Waals surface area contributed by atoms with Crippen LogP contribution in [-0.4, -0.2) is 66.0 Å². The lowest BCUT2D eigenvalue weighted by Crippen LogP contribution is -2.46. The van der Waals surface area contributed by atoms with E-state index in [1.165, 1.54) is 0 Å². The maximum atomic E-state index is 12.0. The SMILES string of the molecule is CCNC(=O)c1ccc(C2=CC3(CCNCC3)Oc3cccc(O)c32)cc1.NC(=O)c1ccc(C2=CC3(CCNCC3)Oc3cccc(O)c32)cc1. The van der Waals surface area contributed by atoms with E-state index in [4.69, 9.17) is 15.2 Å². The zero-order valence-corrected chi connectivity index (χ0v) is 29.2. The molecule has 0 aliphatic carbocycles. The highest BCUT2D eigenvalue weighted by Gasteiger charge is 2.39. The number of rotatable bonds is 5. The fraction of sp³-hybridized carbons (Fsp3) is 0.286. The van der Waals surface area contributed by atoms with E-state index < -0.39 is 5.91 Å². The minimum absolute atomic E-state index is 0.0805. The van der Waals surface area contributed by atoms with Gasteiger partial charge in [0.1, 0.15) is 34.2 Å². The number of benzene rings is 4. The number of hydrogen-bond acceptors (Lipinski definition) is 8. The molecule has 4 aromatic carbocycles. The smallest absolute Gasteiger partial charge is 0.251 e. The maximum Gasteiger partial charge on any atom is 0.251 e. The quantitative estimate of drug-likeness (QED) is 0.159. The van der Waals surface area contributed by atoms with Crippen molar-refractivity contribution in [1.29, 1.82) is 0 Å². The summed E-state index contributed by atoms with van der Waals surface area (Å²) in [4.78, 5) is 23.4. The topological polar surface area (TPSA) is 155 Å². The molecule has 0 bridgehead atoms. The van der Waals surface area contributed by atoms with Crippen LogP contribution in [0.5, 0.6) is 23.0 Å². The van der Waals surface area contributed by atoms with Crippen LogP contribution in [0.3, 0.4) is 0 Å². The fourth-order valence-electron chi connectivity index (χ4n) is 7.44. The van der Waals surface area contributed by atoms with Gasteiger partial charge >= 0.3 is 0 Å². The van der Waals surface area contributed by atoms with Crippen molar-refractivity contribution in [3.63, 3.8) is 0 Å². The zero-order chi connectivity index (χ0) is 36.3. The van der Waals surface area contributed by atoms with Crippen LogP contribution >= 0.6 is 0 Å². The maximum absolute atomic E-state index is 12.0. The van der Waals surface area contributed by atoms with Crippen LogP contribution in [0.15, 0.2) is 97.1 Å². The Kier molecular flexibility index (Phi) is 9.77. The van der Waals surface area contributed by atoms with Crippen LogP contribution in [0.1, 0.15) is 75.6 Å². The molecule has 2 fully saturated rings. The second-order valence-corrected chi connectivity index (χ2v) is 13.6. The Morgan fingerprint density at radius 3 is 1.50 bits per heavy atom. The number of phenolic OH excluding ortho intramolecular Hbond substituents is 2. The van der Waals surface area contributed by atoms with Crippen molar-refractivity contribution in [2.75, 3.05) is 32.7 Å². The van der Waals surface area contributed by atoms with Gasteiger partial charge in [-0.3, -0.25) is 9.59 Å². The Labute approximate surface area is 303 Å². The van der Waals surface area contributed by atoms with Gasteiger partial charge in [0.15, 0.2) is 0 Å². The number of hydrogen-bond donors (Lipinski definition) is 6. The molecule has 7 N–H and O–H groups in total. The summed E-state index contributed by atoms with van der Waals surface area (Å²) in [6, 6.07) is 25.4. The second kappa shape index (κ2) is 14.6. The molecule has 2 amide bonds. The molecule has 4 aliphatic rings. The molecule has 8 rings (SSSR count). The second-order valence-electron chi connectivity index (χ2n) is 13.6. The summed E-state index contributed by atoms with van der Waals surface area (Å²) < 4.78 is 12.7. The fourth-order valence-corrected chi connectivity index (χ4v) is 7.44. The summed E-state index contributed by atoms with van der Waals surface area (Å²) in [7, 11) is 0. The highest BCUT2D eigenvalue weighted by Crippen LogP contribution is 2.47. The highest BCUT2D eigenvalue weighted by atomic mass is 16.5. The number of carbonyl (C=O) groups is 2. The molecule has 2 spiro atoms. The van der Waals surface area contributed by atoms with Gasteiger partial charge in [0.25, 0.3) is 5.91 Å². The number of carbonyl (C=O) groups excluding carboxylic acids is 2. The van der Waals surface area contributed by atoms with E-state index in [9.17, 15) is 19.8 Å². The first kappa shape index (κ1) is 34.9.